The van der Waals surface area contributed by atoms with E-state index in [0.717, 1.165) is 41.9 Å². The average molecular weight is 428 g/mol. The monoisotopic (exact) mass is 427 g/mol. The van der Waals surface area contributed by atoms with Gasteiger partial charge in [-0.2, -0.15) is 0 Å². The van der Waals surface area contributed by atoms with Gasteiger partial charge in [-0.05, 0) is 48.9 Å². The molecule has 4 nitrogen and oxygen atoms in total. The van der Waals surface area contributed by atoms with E-state index in [2.05, 4.69) is 16.4 Å². The third kappa shape index (κ3) is 3.63. The molecule has 30 heavy (non-hydrogen) atoms. The van der Waals surface area contributed by atoms with E-state index in [-0.39, 0.29) is 5.91 Å². The molecule has 0 aliphatic carbocycles. The van der Waals surface area contributed by atoms with Gasteiger partial charge in [0.2, 0.25) is 0 Å². The van der Waals surface area contributed by atoms with E-state index in [4.69, 9.17) is 4.98 Å². The Labute approximate surface area is 181 Å². The second-order valence-electron chi connectivity index (χ2n) is 6.79. The number of fused-ring (bicyclic) bond motifs is 1. The second kappa shape index (κ2) is 7.82. The van der Waals surface area contributed by atoms with Crippen LogP contribution in [0.25, 0.3) is 31.2 Å². The number of anilines is 1. The van der Waals surface area contributed by atoms with Crippen LogP contribution in [0.2, 0.25) is 0 Å². The van der Waals surface area contributed by atoms with Crippen LogP contribution in [0.1, 0.15) is 15.5 Å². The molecule has 1 amide bonds. The number of carbonyl (C=O) groups is 1. The molecule has 0 unspecified atom stereocenters. The van der Waals surface area contributed by atoms with Gasteiger partial charge in [0.1, 0.15) is 10.7 Å². The molecule has 1 N–H and O–H groups in total. The van der Waals surface area contributed by atoms with Gasteiger partial charge in [-0.25, -0.2) is 9.97 Å². The van der Waals surface area contributed by atoms with Crippen LogP contribution in [-0.2, 0) is 0 Å². The first-order chi connectivity index (χ1) is 14.7. The van der Waals surface area contributed by atoms with E-state index in [1.807, 2.05) is 79.7 Å². The summed E-state index contributed by atoms with van der Waals surface area (Å²) < 4.78 is 1.16. The maximum absolute atomic E-state index is 12.9. The van der Waals surface area contributed by atoms with Crippen molar-refractivity contribution in [1.29, 1.82) is 0 Å². The molecule has 0 spiro atoms. The van der Waals surface area contributed by atoms with Crippen molar-refractivity contribution in [1.82, 2.24) is 9.97 Å². The first kappa shape index (κ1) is 18.7. The van der Waals surface area contributed by atoms with Gasteiger partial charge < -0.3 is 5.32 Å². The standard InChI is InChI=1S/C24H17N3OS2/c1-15-25-21(22(29-15)16-7-3-2-4-8-16)23(28)26-18-13-11-17(12-14-18)24-27-19-9-5-6-10-20(19)30-24/h2-14H,1H3,(H,26,28). The first-order valence-corrected chi connectivity index (χ1v) is 11.1. The number of para-hydroxylation sites is 1. The lowest BCUT2D eigenvalue weighted by atomic mass is 10.1. The van der Waals surface area contributed by atoms with Crippen LogP contribution in [0.15, 0.2) is 78.9 Å². The molecular weight excluding hydrogens is 410 g/mol. The summed E-state index contributed by atoms with van der Waals surface area (Å²) in [5, 5.41) is 4.81. The molecule has 0 aliphatic heterocycles. The van der Waals surface area contributed by atoms with Gasteiger partial charge >= 0.3 is 0 Å². The Kier molecular flexibility index (Phi) is 4.86. The normalized spacial score (nSPS) is 11.0. The van der Waals surface area contributed by atoms with E-state index in [0.29, 0.717) is 5.69 Å². The fourth-order valence-electron chi connectivity index (χ4n) is 3.25. The Morgan fingerprint density at radius 1 is 0.800 bits per heavy atom. The summed E-state index contributed by atoms with van der Waals surface area (Å²) in [5.74, 6) is -0.203. The maximum Gasteiger partial charge on any atom is 0.275 e. The highest BCUT2D eigenvalue weighted by molar-refractivity contribution is 7.21. The minimum atomic E-state index is -0.203. The Morgan fingerprint density at radius 2 is 1.53 bits per heavy atom. The lowest BCUT2D eigenvalue weighted by molar-refractivity contribution is 0.102. The minimum absolute atomic E-state index is 0.203. The molecule has 0 saturated carbocycles. The minimum Gasteiger partial charge on any atom is -0.321 e. The molecule has 6 heteroatoms. The predicted octanol–water partition coefficient (Wildman–Crippen LogP) is 6.65. The molecule has 5 rings (SSSR count). The quantitative estimate of drug-likeness (QED) is 0.349. The molecule has 2 aromatic heterocycles. The zero-order valence-corrected chi connectivity index (χ0v) is 17.8. The van der Waals surface area contributed by atoms with Crippen molar-refractivity contribution in [3.8, 4) is 21.0 Å². The number of hydrogen-bond donors (Lipinski definition) is 1. The fourth-order valence-corrected chi connectivity index (χ4v) is 5.14. The molecule has 2 heterocycles. The summed E-state index contributed by atoms with van der Waals surface area (Å²) in [6.45, 7) is 1.92. The van der Waals surface area contributed by atoms with Crippen molar-refractivity contribution in [3.05, 3.63) is 89.6 Å². The maximum atomic E-state index is 12.9. The molecule has 0 radical (unpaired) electrons. The number of benzene rings is 3. The highest BCUT2D eigenvalue weighted by Gasteiger charge is 2.18. The van der Waals surface area contributed by atoms with Gasteiger partial charge in [-0.15, -0.1) is 22.7 Å². The third-order valence-electron chi connectivity index (χ3n) is 4.67. The lowest BCUT2D eigenvalue weighted by Crippen LogP contribution is -2.13. The van der Waals surface area contributed by atoms with Gasteiger partial charge in [0.05, 0.1) is 20.1 Å². The molecule has 0 saturated heterocycles. The molecule has 0 aliphatic rings. The number of aryl methyl sites for hydroxylation is 1. The van der Waals surface area contributed by atoms with E-state index in [1.54, 1.807) is 11.3 Å². The number of amides is 1. The number of rotatable bonds is 4. The molecule has 0 fully saturated rings. The number of carbonyl (C=O) groups excluding carboxylic acids is 1. The van der Waals surface area contributed by atoms with Crippen LogP contribution >= 0.6 is 22.7 Å². The van der Waals surface area contributed by atoms with Crippen molar-refractivity contribution >= 4 is 44.5 Å². The van der Waals surface area contributed by atoms with Crippen LogP contribution < -0.4 is 5.32 Å². The van der Waals surface area contributed by atoms with Gasteiger partial charge in [0.15, 0.2) is 0 Å². The van der Waals surface area contributed by atoms with Crippen molar-refractivity contribution in [3.63, 3.8) is 0 Å². The van der Waals surface area contributed by atoms with Crippen LogP contribution in [0.5, 0.6) is 0 Å². The molecule has 3 aromatic carbocycles. The Morgan fingerprint density at radius 3 is 2.30 bits per heavy atom. The molecule has 0 bridgehead atoms. The molecule has 5 aromatic rings. The van der Waals surface area contributed by atoms with Crippen LogP contribution in [0.3, 0.4) is 0 Å². The Hall–Kier alpha value is -3.35. The van der Waals surface area contributed by atoms with E-state index < -0.39 is 0 Å². The number of nitrogens with one attached hydrogen (secondary N) is 1. The number of hydrogen-bond acceptors (Lipinski definition) is 5. The zero-order valence-electron chi connectivity index (χ0n) is 16.1. The van der Waals surface area contributed by atoms with Crippen molar-refractivity contribution in [2.45, 2.75) is 6.92 Å². The van der Waals surface area contributed by atoms with Gasteiger partial charge in [-0.1, -0.05) is 42.5 Å². The fraction of sp³-hybridized carbons (Fsp3) is 0.0417. The lowest BCUT2D eigenvalue weighted by Gasteiger charge is -2.06. The van der Waals surface area contributed by atoms with Gasteiger partial charge in [-0.3, -0.25) is 4.79 Å². The topological polar surface area (TPSA) is 54.9 Å². The smallest absolute Gasteiger partial charge is 0.275 e. The first-order valence-electron chi connectivity index (χ1n) is 9.47. The van der Waals surface area contributed by atoms with E-state index >= 15 is 0 Å². The number of aromatic nitrogens is 2. The van der Waals surface area contributed by atoms with Crippen molar-refractivity contribution in [2.24, 2.45) is 0 Å². The van der Waals surface area contributed by atoms with Crippen LogP contribution in [0.4, 0.5) is 5.69 Å². The van der Waals surface area contributed by atoms with Crippen LogP contribution in [-0.4, -0.2) is 15.9 Å². The van der Waals surface area contributed by atoms with E-state index in [9.17, 15) is 4.79 Å². The van der Waals surface area contributed by atoms with Gasteiger partial charge in [0.25, 0.3) is 5.91 Å². The zero-order chi connectivity index (χ0) is 20.5. The Bertz CT molecular complexity index is 1310. The summed E-state index contributed by atoms with van der Waals surface area (Å²) in [7, 11) is 0. The predicted molar refractivity (Wildman–Crippen MR) is 125 cm³/mol. The van der Waals surface area contributed by atoms with Gasteiger partial charge in [0, 0.05) is 11.3 Å². The summed E-state index contributed by atoms with van der Waals surface area (Å²) in [5.41, 5.74) is 4.22. The number of thiazole rings is 2. The summed E-state index contributed by atoms with van der Waals surface area (Å²) >= 11 is 3.19. The summed E-state index contributed by atoms with van der Waals surface area (Å²) in [6, 6.07) is 25.8. The largest absolute Gasteiger partial charge is 0.321 e. The average Bonchev–Trinajstić information content (AvgIpc) is 3.38. The highest BCUT2D eigenvalue weighted by Crippen LogP contribution is 2.32. The highest BCUT2D eigenvalue weighted by atomic mass is 32.1. The summed E-state index contributed by atoms with van der Waals surface area (Å²) in [4.78, 5) is 23.0. The second-order valence-corrected chi connectivity index (χ2v) is 9.03. The SMILES string of the molecule is Cc1nc(C(=O)Nc2ccc(-c3nc4ccccc4s3)cc2)c(-c2ccccc2)s1. The Balaban J connectivity index is 1.38. The van der Waals surface area contributed by atoms with Crippen LogP contribution in [0, 0.1) is 6.92 Å². The van der Waals surface area contributed by atoms with E-state index in [1.165, 1.54) is 11.3 Å². The van der Waals surface area contributed by atoms with Crippen molar-refractivity contribution < 1.29 is 4.79 Å². The molecule has 146 valence electrons. The molecule has 0 atom stereocenters. The molecular formula is C24H17N3OS2. The third-order valence-corrected chi connectivity index (χ3v) is 6.77. The van der Waals surface area contributed by atoms with Crippen molar-refractivity contribution in [2.75, 3.05) is 5.32 Å². The number of nitrogens with zero attached hydrogens (tertiary/aromatic N) is 2. The summed E-state index contributed by atoms with van der Waals surface area (Å²) in [6.07, 6.45) is 0.